The molecular formula is C21H19F3N4O4S. The van der Waals surface area contributed by atoms with Gasteiger partial charge in [-0.25, -0.2) is 31.5 Å². The first-order chi connectivity index (χ1) is 15.5. The number of nitrogens with one attached hydrogen (secondary N) is 3. The van der Waals surface area contributed by atoms with Gasteiger partial charge >= 0.3 is 6.03 Å². The Kier molecular flexibility index (Phi) is 5.89. The fraction of sp³-hybridized carbons (Fsp3) is 0.238. The van der Waals surface area contributed by atoms with Gasteiger partial charge in [0.05, 0.1) is 11.3 Å². The molecule has 2 heterocycles. The number of hydrogen-bond donors (Lipinski definition) is 4. The molecule has 8 nitrogen and oxygen atoms in total. The first-order valence-corrected chi connectivity index (χ1v) is 11.6. The van der Waals surface area contributed by atoms with Gasteiger partial charge in [-0.3, -0.25) is 10.1 Å². The van der Waals surface area contributed by atoms with Crippen LogP contribution in [0.3, 0.4) is 0 Å². The van der Waals surface area contributed by atoms with Crippen LogP contribution in [0, 0.1) is 23.4 Å². The number of aromatic nitrogens is 1. The molecule has 4 rings (SSSR count). The third kappa shape index (κ3) is 4.86. The molecule has 2 atom stereocenters. The molecule has 0 spiro atoms. The smallest absolute Gasteiger partial charge is 0.322 e. The summed E-state index contributed by atoms with van der Waals surface area (Å²) in [7, 11) is -4.02. The molecular weight excluding hydrogens is 461 g/mol. The van der Waals surface area contributed by atoms with Crippen LogP contribution in [0.5, 0.6) is 0 Å². The Morgan fingerprint density at radius 1 is 1.03 bits per heavy atom. The average Bonchev–Trinajstić information content (AvgIpc) is 3.24. The first kappa shape index (κ1) is 22.8. The number of H-pyrrole nitrogens is 1. The number of urea groups is 1. The van der Waals surface area contributed by atoms with E-state index in [0.29, 0.717) is 16.8 Å². The zero-order valence-electron chi connectivity index (χ0n) is 17.0. The summed E-state index contributed by atoms with van der Waals surface area (Å²) in [5.74, 6) is -4.32. The number of aromatic amines is 1. The molecule has 1 aliphatic rings. The van der Waals surface area contributed by atoms with Crippen LogP contribution >= 0.6 is 0 Å². The van der Waals surface area contributed by atoms with Crippen molar-refractivity contribution in [1.29, 1.82) is 0 Å². The molecule has 33 heavy (non-hydrogen) atoms. The van der Waals surface area contributed by atoms with Crippen molar-refractivity contribution in [3.8, 4) is 11.3 Å². The number of carbonyl (C=O) groups excluding carboxylic acids is 2. The van der Waals surface area contributed by atoms with Crippen LogP contribution in [0.15, 0.2) is 36.4 Å². The number of rotatable bonds is 7. The molecule has 1 aromatic heterocycles. The topological polar surface area (TPSA) is 134 Å². The second-order valence-corrected chi connectivity index (χ2v) is 9.52. The highest BCUT2D eigenvalue weighted by Crippen LogP contribution is 2.34. The summed E-state index contributed by atoms with van der Waals surface area (Å²) in [4.78, 5) is 26.6. The van der Waals surface area contributed by atoms with E-state index in [1.54, 1.807) is 0 Å². The lowest BCUT2D eigenvalue weighted by Gasteiger charge is -2.20. The zero-order chi connectivity index (χ0) is 23.9. The predicted molar refractivity (Wildman–Crippen MR) is 114 cm³/mol. The van der Waals surface area contributed by atoms with Gasteiger partial charge in [0.25, 0.3) is 5.91 Å². The summed E-state index contributed by atoms with van der Waals surface area (Å²) in [6.45, 7) is 0. The number of aryl methyl sites for hydroxylation is 1. The zero-order valence-corrected chi connectivity index (χ0v) is 17.8. The number of halogens is 3. The maximum Gasteiger partial charge on any atom is 0.322 e. The lowest BCUT2D eigenvalue weighted by atomic mass is 9.92. The molecule has 0 bridgehead atoms. The van der Waals surface area contributed by atoms with Gasteiger partial charge < -0.3 is 10.3 Å². The highest BCUT2D eigenvalue weighted by atomic mass is 32.2. The molecule has 1 fully saturated rings. The van der Waals surface area contributed by atoms with Gasteiger partial charge in [-0.1, -0.05) is 0 Å². The summed E-state index contributed by atoms with van der Waals surface area (Å²) in [5, 5.41) is 9.83. The number of primary sulfonamides is 1. The van der Waals surface area contributed by atoms with Crippen molar-refractivity contribution in [2.45, 2.75) is 18.9 Å². The molecule has 3 amide bonds. The van der Waals surface area contributed by atoms with E-state index in [1.807, 2.05) is 5.32 Å². The van der Waals surface area contributed by atoms with Crippen LogP contribution in [0.2, 0.25) is 0 Å². The summed E-state index contributed by atoms with van der Waals surface area (Å²) >= 11 is 0. The van der Waals surface area contributed by atoms with Crippen LogP contribution in [-0.4, -0.2) is 37.1 Å². The number of carbonyl (C=O) groups is 2. The Balaban J connectivity index is 1.75. The summed E-state index contributed by atoms with van der Waals surface area (Å²) in [5.41, 5.74) is 1.36. The maximum atomic E-state index is 14.5. The summed E-state index contributed by atoms with van der Waals surface area (Å²) in [6.07, 6.45) is 0.115. The van der Waals surface area contributed by atoms with E-state index < -0.39 is 57.1 Å². The number of hydrogen-bond acceptors (Lipinski definition) is 4. The normalized spacial score (nSPS) is 17.3. The number of fused-ring (bicyclic) bond motifs is 1. The lowest BCUT2D eigenvalue weighted by Crippen LogP contribution is -2.41. The molecule has 5 N–H and O–H groups in total. The second kappa shape index (κ2) is 8.52. The molecule has 174 valence electrons. The van der Waals surface area contributed by atoms with Crippen molar-refractivity contribution >= 4 is 32.9 Å². The molecule has 0 radical (unpaired) electrons. The van der Waals surface area contributed by atoms with Crippen LogP contribution < -0.4 is 15.8 Å². The van der Waals surface area contributed by atoms with Crippen LogP contribution in [0.1, 0.15) is 12.0 Å². The van der Waals surface area contributed by atoms with Gasteiger partial charge in [0.1, 0.15) is 23.5 Å². The molecule has 0 aliphatic carbocycles. The second-order valence-electron chi connectivity index (χ2n) is 7.86. The molecule has 3 aromatic rings. The van der Waals surface area contributed by atoms with Crippen molar-refractivity contribution in [2.24, 2.45) is 11.1 Å². The number of nitrogens with two attached hydrogens (primary N) is 1. The van der Waals surface area contributed by atoms with E-state index in [9.17, 15) is 31.2 Å². The third-order valence-corrected chi connectivity index (χ3v) is 6.45. The van der Waals surface area contributed by atoms with Gasteiger partial charge in [-0.15, -0.1) is 0 Å². The van der Waals surface area contributed by atoms with E-state index in [2.05, 4.69) is 10.3 Å². The largest absolute Gasteiger partial charge is 0.352 e. The lowest BCUT2D eigenvalue weighted by molar-refractivity contribution is -0.121. The molecule has 2 unspecified atom stereocenters. The van der Waals surface area contributed by atoms with E-state index in [4.69, 9.17) is 5.14 Å². The quantitative estimate of drug-likeness (QED) is 0.386. The van der Waals surface area contributed by atoms with Crippen LogP contribution in [0.25, 0.3) is 22.2 Å². The fourth-order valence-electron chi connectivity index (χ4n) is 4.14. The number of amides is 3. The molecule has 2 aromatic carbocycles. The number of benzene rings is 2. The highest BCUT2D eigenvalue weighted by molar-refractivity contribution is 7.89. The highest BCUT2D eigenvalue weighted by Gasteiger charge is 2.38. The Morgan fingerprint density at radius 2 is 1.73 bits per heavy atom. The fourth-order valence-corrected chi connectivity index (χ4v) is 5.09. The van der Waals surface area contributed by atoms with E-state index in [-0.39, 0.29) is 23.7 Å². The van der Waals surface area contributed by atoms with Crippen molar-refractivity contribution in [1.82, 2.24) is 15.6 Å². The Hall–Kier alpha value is -3.38. The standard InChI is InChI=1S/C21H19F3N4O4S/c22-12-4-1-10(2-5-12)17-14(15-7-13(23)8-16(24)19(15)26-17)6-3-11(9-33(25,31)32)18-20(29)28-21(30)27-18/h1-2,4-5,7-8,11,18,26H,3,6,9H2,(H2,25,31,32)(H2,27,28,29,30). The Bertz CT molecular complexity index is 1360. The predicted octanol–water partition coefficient (Wildman–Crippen LogP) is 2.30. The SMILES string of the molecule is NS(=O)(=O)CC(CCc1c(-c2ccc(F)cc2)[nH]c2c(F)cc(F)cc12)C1NC(=O)NC1=O. The molecule has 0 saturated carbocycles. The van der Waals surface area contributed by atoms with Gasteiger partial charge in [0.2, 0.25) is 10.0 Å². The molecule has 12 heteroatoms. The van der Waals surface area contributed by atoms with Crippen molar-refractivity contribution in [3.63, 3.8) is 0 Å². The van der Waals surface area contributed by atoms with Gasteiger partial charge in [-0.05, 0) is 54.3 Å². The summed E-state index contributed by atoms with van der Waals surface area (Å²) < 4.78 is 65.4. The molecule has 1 aliphatic heterocycles. The minimum absolute atomic E-state index is 0.0284. The van der Waals surface area contributed by atoms with E-state index >= 15 is 0 Å². The van der Waals surface area contributed by atoms with E-state index in [1.165, 1.54) is 24.3 Å². The van der Waals surface area contributed by atoms with Gasteiger partial charge in [0.15, 0.2) is 0 Å². The van der Waals surface area contributed by atoms with Crippen molar-refractivity contribution in [3.05, 3.63) is 59.4 Å². The number of sulfonamides is 1. The Morgan fingerprint density at radius 3 is 2.33 bits per heavy atom. The maximum absolute atomic E-state index is 14.5. The third-order valence-electron chi connectivity index (χ3n) is 5.55. The minimum atomic E-state index is -4.02. The average molecular weight is 480 g/mol. The monoisotopic (exact) mass is 480 g/mol. The van der Waals surface area contributed by atoms with Gasteiger partial charge in [0, 0.05) is 23.1 Å². The van der Waals surface area contributed by atoms with E-state index in [0.717, 1.165) is 12.1 Å². The minimum Gasteiger partial charge on any atom is -0.352 e. The Labute approximate surface area is 186 Å². The first-order valence-electron chi connectivity index (χ1n) is 9.89. The van der Waals surface area contributed by atoms with Gasteiger partial charge in [-0.2, -0.15) is 0 Å². The van der Waals surface area contributed by atoms with Crippen molar-refractivity contribution in [2.75, 3.05) is 5.75 Å². The molecule has 1 saturated heterocycles. The van der Waals surface area contributed by atoms with Crippen LogP contribution in [0.4, 0.5) is 18.0 Å². The number of imide groups is 1. The summed E-state index contributed by atoms with van der Waals surface area (Å²) in [6, 6.07) is 5.31. The van der Waals surface area contributed by atoms with Crippen molar-refractivity contribution < 1.29 is 31.2 Å². The van der Waals surface area contributed by atoms with Crippen LogP contribution in [-0.2, 0) is 21.2 Å².